The van der Waals surface area contributed by atoms with E-state index in [1.165, 1.54) is 0 Å². The van der Waals surface area contributed by atoms with Crippen molar-refractivity contribution in [3.63, 3.8) is 0 Å². The Balaban J connectivity index is 1.90. The van der Waals surface area contributed by atoms with Gasteiger partial charge in [0.1, 0.15) is 0 Å². The average molecular weight is 221 g/mol. The Morgan fingerprint density at radius 1 is 1.44 bits per heavy atom. The first-order chi connectivity index (χ1) is 7.74. The summed E-state index contributed by atoms with van der Waals surface area (Å²) >= 11 is 0. The number of aliphatic carboxylic acids is 1. The number of hydrogen-bond donors (Lipinski definition) is 1. The summed E-state index contributed by atoms with van der Waals surface area (Å²) in [6.45, 7) is 1.37. The van der Waals surface area contributed by atoms with Crippen molar-refractivity contribution in [3.05, 3.63) is 30.6 Å². The lowest BCUT2D eigenvalue weighted by atomic mass is 10.3. The molecule has 0 aliphatic rings. The summed E-state index contributed by atoms with van der Waals surface area (Å²) in [5.41, 5.74) is 0.470. The van der Waals surface area contributed by atoms with Gasteiger partial charge in [0, 0.05) is 25.1 Å². The van der Waals surface area contributed by atoms with Crippen LogP contribution < -0.4 is 0 Å². The molecule has 2 aromatic heterocycles. The van der Waals surface area contributed by atoms with Gasteiger partial charge in [0.25, 0.3) is 0 Å². The molecule has 7 heteroatoms. The van der Waals surface area contributed by atoms with Crippen LogP contribution in [0.3, 0.4) is 0 Å². The van der Waals surface area contributed by atoms with Crippen LogP contribution in [0.5, 0.6) is 0 Å². The van der Waals surface area contributed by atoms with Gasteiger partial charge in [-0.05, 0) is 0 Å². The van der Waals surface area contributed by atoms with Gasteiger partial charge in [-0.3, -0.25) is 9.48 Å². The fourth-order valence-electron chi connectivity index (χ4n) is 1.32. The zero-order valence-corrected chi connectivity index (χ0v) is 8.52. The number of imidazole rings is 1. The molecule has 0 saturated carbocycles. The van der Waals surface area contributed by atoms with Crippen LogP contribution in [-0.2, 0) is 24.3 Å². The molecule has 2 heterocycles. The monoisotopic (exact) mass is 221 g/mol. The number of nitrogens with zero attached hydrogens (tertiary/aromatic N) is 5. The lowest BCUT2D eigenvalue weighted by molar-refractivity contribution is -0.136. The van der Waals surface area contributed by atoms with E-state index in [9.17, 15) is 4.79 Å². The van der Waals surface area contributed by atoms with Crippen LogP contribution >= 0.6 is 0 Å². The quantitative estimate of drug-likeness (QED) is 0.755. The van der Waals surface area contributed by atoms with Gasteiger partial charge < -0.3 is 9.67 Å². The first-order valence-corrected chi connectivity index (χ1v) is 4.80. The number of aryl methyl sites for hydroxylation is 2. The minimum atomic E-state index is -0.901. The van der Waals surface area contributed by atoms with E-state index in [0.29, 0.717) is 12.2 Å². The molecule has 0 atom stereocenters. The minimum absolute atomic E-state index is 0.0922. The van der Waals surface area contributed by atoms with Gasteiger partial charge in [0.05, 0.1) is 25.0 Å². The molecule has 2 rings (SSSR count). The molecular weight excluding hydrogens is 210 g/mol. The van der Waals surface area contributed by atoms with Crippen molar-refractivity contribution in [1.29, 1.82) is 0 Å². The topological polar surface area (TPSA) is 85.8 Å². The third-order valence-electron chi connectivity index (χ3n) is 2.06. The maximum atomic E-state index is 10.4. The smallest absolute Gasteiger partial charge is 0.309 e. The zero-order chi connectivity index (χ0) is 11.4. The molecule has 0 spiro atoms. The molecule has 16 heavy (non-hydrogen) atoms. The summed E-state index contributed by atoms with van der Waals surface area (Å²) in [6, 6.07) is 0. The van der Waals surface area contributed by atoms with E-state index in [-0.39, 0.29) is 6.42 Å². The average Bonchev–Trinajstić information content (AvgIpc) is 2.84. The summed E-state index contributed by atoms with van der Waals surface area (Å²) in [6.07, 6.45) is 6.83. The second kappa shape index (κ2) is 4.56. The van der Waals surface area contributed by atoms with Crippen LogP contribution in [0, 0.1) is 0 Å². The highest BCUT2D eigenvalue weighted by Crippen LogP contribution is 1.96. The SMILES string of the molecule is O=C(O)Cc1cn(CCn2ccnc2)nn1. The number of hydrogen-bond acceptors (Lipinski definition) is 4. The van der Waals surface area contributed by atoms with E-state index in [1.807, 2.05) is 10.8 Å². The van der Waals surface area contributed by atoms with Crippen LogP contribution in [-0.4, -0.2) is 35.6 Å². The van der Waals surface area contributed by atoms with E-state index in [1.54, 1.807) is 23.4 Å². The number of aromatic nitrogens is 5. The fourth-order valence-corrected chi connectivity index (χ4v) is 1.32. The number of carboxylic acid groups (broad SMARTS) is 1. The van der Waals surface area contributed by atoms with E-state index in [2.05, 4.69) is 15.3 Å². The Hall–Kier alpha value is -2.18. The van der Waals surface area contributed by atoms with Gasteiger partial charge in [-0.15, -0.1) is 5.10 Å². The van der Waals surface area contributed by atoms with Crippen molar-refractivity contribution in [2.75, 3.05) is 0 Å². The summed E-state index contributed by atoms with van der Waals surface area (Å²) < 4.78 is 3.54. The Morgan fingerprint density at radius 2 is 2.31 bits per heavy atom. The lowest BCUT2D eigenvalue weighted by Crippen LogP contribution is -2.06. The predicted octanol–water partition coefficient (Wildman–Crippen LogP) is -0.198. The Kier molecular flexibility index (Phi) is 2.95. The molecule has 0 aromatic carbocycles. The number of carbonyl (C=O) groups is 1. The highest BCUT2D eigenvalue weighted by Gasteiger charge is 2.05. The molecule has 2 aromatic rings. The maximum Gasteiger partial charge on any atom is 0.309 e. The van der Waals surface area contributed by atoms with Crippen LogP contribution in [0.1, 0.15) is 5.69 Å². The largest absolute Gasteiger partial charge is 0.481 e. The molecule has 0 bridgehead atoms. The zero-order valence-electron chi connectivity index (χ0n) is 8.52. The van der Waals surface area contributed by atoms with Crippen molar-refractivity contribution in [2.24, 2.45) is 0 Å². The van der Waals surface area contributed by atoms with Crippen molar-refractivity contribution in [1.82, 2.24) is 24.5 Å². The highest BCUT2D eigenvalue weighted by molar-refractivity contribution is 5.69. The van der Waals surface area contributed by atoms with E-state index in [4.69, 9.17) is 5.11 Å². The Labute approximate surface area is 91.3 Å². The first-order valence-electron chi connectivity index (χ1n) is 4.80. The second-order valence-corrected chi connectivity index (χ2v) is 3.34. The third kappa shape index (κ3) is 2.66. The molecule has 0 fully saturated rings. The Morgan fingerprint density at radius 3 is 3.00 bits per heavy atom. The van der Waals surface area contributed by atoms with Crippen molar-refractivity contribution >= 4 is 5.97 Å². The maximum absolute atomic E-state index is 10.4. The van der Waals surface area contributed by atoms with Gasteiger partial charge in [0.15, 0.2) is 0 Å². The summed E-state index contributed by atoms with van der Waals surface area (Å²) in [5, 5.41) is 16.2. The fraction of sp³-hybridized carbons (Fsp3) is 0.333. The van der Waals surface area contributed by atoms with Gasteiger partial charge in [0.2, 0.25) is 0 Å². The summed E-state index contributed by atoms with van der Waals surface area (Å²) in [7, 11) is 0. The second-order valence-electron chi connectivity index (χ2n) is 3.34. The molecule has 1 N–H and O–H groups in total. The predicted molar refractivity (Wildman–Crippen MR) is 53.6 cm³/mol. The van der Waals surface area contributed by atoms with E-state index in [0.717, 1.165) is 6.54 Å². The molecule has 0 unspecified atom stereocenters. The molecule has 0 aliphatic heterocycles. The van der Waals surface area contributed by atoms with Crippen molar-refractivity contribution in [2.45, 2.75) is 19.5 Å². The van der Waals surface area contributed by atoms with Crippen molar-refractivity contribution in [3.8, 4) is 0 Å². The first kappa shape index (κ1) is 10.3. The van der Waals surface area contributed by atoms with Crippen LogP contribution in [0.2, 0.25) is 0 Å². The van der Waals surface area contributed by atoms with Crippen molar-refractivity contribution < 1.29 is 9.90 Å². The summed E-state index contributed by atoms with van der Waals surface area (Å²) in [5.74, 6) is -0.901. The summed E-state index contributed by atoms with van der Waals surface area (Å²) in [4.78, 5) is 14.4. The Bertz CT molecular complexity index is 462. The van der Waals surface area contributed by atoms with Gasteiger partial charge in [-0.1, -0.05) is 5.21 Å². The number of rotatable bonds is 5. The van der Waals surface area contributed by atoms with Gasteiger partial charge in [-0.2, -0.15) is 0 Å². The van der Waals surface area contributed by atoms with Gasteiger partial charge >= 0.3 is 5.97 Å². The van der Waals surface area contributed by atoms with Crippen LogP contribution in [0.4, 0.5) is 0 Å². The molecule has 0 radical (unpaired) electrons. The molecule has 84 valence electrons. The third-order valence-corrected chi connectivity index (χ3v) is 2.06. The number of carboxylic acids is 1. The minimum Gasteiger partial charge on any atom is -0.481 e. The normalized spacial score (nSPS) is 10.5. The molecule has 0 aliphatic carbocycles. The molecule has 7 nitrogen and oxygen atoms in total. The van der Waals surface area contributed by atoms with Crippen LogP contribution in [0.15, 0.2) is 24.9 Å². The highest BCUT2D eigenvalue weighted by atomic mass is 16.4. The molecular formula is C9H11N5O2. The van der Waals surface area contributed by atoms with Gasteiger partial charge in [-0.25, -0.2) is 4.98 Å². The lowest BCUT2D eigenvalue weighted by Gasteiger charge is -2.00. The van der Waals surface area contributed by atoms with Crippen LogP contribution in [0.25, 0.3) is 0 Å². The van der Waals surface area contributed by atoms with E-state index < -0.39 is 5.97 Å². The standard InChI is InChI=1S/C9H11N5O2/c15-9(16)5-8-6-14(12-11-8)4-3-13-2-1-10-7-13/h1-2,6-7H,3-5H2,(H,15,16). The molecule has 0 saturated heterocycles. The van der Waals surface area contributed by atoms with E-state index >= 15 is 0 Å². The molecule has 0 amide bonds.